The SMILES string of the molecule is Cc1ccc(Sc2ccc(C(=O)NC3CC4CCC3N4)s2)s1. The zero-order valence-corrected chi connectivity index (χ0v) is 14.7. The maximum absolute atomic E-state index is 12.4. The number of thiophene rings is 2. The number of carbonyl (C=O) groups excluding carboxylic acids is 1. The molecule has 0 aromatic carbocycles. The Morgan fingerprint density at radius 3 is 2.73 bits per heavy atom. The van der Waals surface area contributed by atoms with Gasteiger partial charge in [0.15, 0.2) is 0 Å². The normalized spacial score (nSPS) is 26.5. The minimum atomic E-state index is 0.0820. The molecule has 2 saturated heterocycles. The van der Waals surface area contributed by atoms with Gasteiger partial charge in [0.1, 0.15) is 0 Å². The van der Waals surface area contributed by atoms with Crippen LogP contribution in [0.2, 0.25) is 0 Å². The molecular weight excluding hydrogens is 332 g/mol. The van der Waals surface area contributed by atoms with Crippen molar-refractivity contribution < 1.29 is 4.79 Å². The fourth-order valence-electron chi connectivity index (χ4n) is 3.29. The van der Waals surface area contributed by atoms with Gasteiger partial charge in [0, 0.05) is 23.0 Å². The predicted molar refractivity (Wildman–Crippen MR) is 93.3 cm³/mol. The third-order valence-corrected chi connectivity index (χ3v) is 7.69. The molecular formula is C16H18N2OS3. The lowest BCUT2D eigenvalue weighted by atomic mass is 9.95. The van der Waals surface area contributed by atoms with E-state index in [0.717, 1.165) is 11.3 Å². The summed E-state index contributed by atoms with van der Waals surface area (Å²) in [6, 6.07) is 9.69. The number of hydrogen-bond acceptors (Lipinski definition) is 5. The quantitative estimate of drug-likeness (QED) is 0.879. The number of fused-ring (bicyclic) bond motifs is 2. The average Bonchev–Trinajstić information content (AvgIpc) is 3.24. The second-order valence-corrected chi connectivity index (χ2v) is 9.92. The number of carbonyl (C=O) groups is 1. The van der Waals surface area contributed by atoms with Gasteiger partial charge in [0.05, 0.1) is 13.3 Å². The predicted octanol–water partition coefficient (Wildman–Crippen LogP) is 3.89. The van der Waals surface area contributed by atoms with E-state index in [1.54, 1.807) is 34.4 Å². The second-order valence-electron chi connectivity index (χ2n) is 5.95. The first-order chi connectivity index (χ1) is 10.7. The third kappa shape index (κ3) is 2.97. The summed E-state index contributed by atoms with van der Waals surface area (Å²) in [5.74, 6) is 0.0820. The van der Waals surface area contributed by atoms with E-state index < -0.39 is 0 Å². The van der Waals surface area contributed by atoms with Crippen LogP contribution in [0.15, 0.2) is 32.7 Å². The van der Waals surface area contributed by atoms with E-state index in [1.807, 2.05) is 6.07 Å². The highest BCUT2D eigenvalue weighted by Gasteiger charge is 2.39. The van der Waals surface area contributed by atoms with Crippen LogP contribution in [0.5, 0.6) is 0 Å². The van der Waals surface area contributed by atoms with Gasteiger partial charge in [-0.1, -0.05) is 11.8 Å². The molecule has 2 fully saturated rings. The molecule has 4 rings (SSSR count). The number of nitrogens with one attached hydrogen (secondary N) is 2. The van der Waals surface area contributed by atoms with Crippen LogP contribution in [-0.4, -0.2) is 24.0 Å². The van der Waals surface area contributed by atoms with Crippen molar-refractivity contribution in [1.82, 2.24) is 10.6 Å². The first-order valence-electron chi connectivity index (χ1n) is 7.58. The summed E-state index contributed by atoms with van der Waals surface area (Å²) in [6.07, 6.45) is 3.54. The van der Waals surface area contributed by atoms with E-state index in [1.165, 1.54) is 26.1 Å². The first kappa shape index (κ1) is 14.8. The standard InChI is InChI=1S/C16H18N2OS3/c1-9-2-6-14(20-9)22-15-7-5-13(21-15)16(19)18-12-8-10-3-4-11(12)17-10/h2,5-7,10-12,17H,3-4,8H2,1H3,(H,18,19). The zero-order valence-electron chi connectivity index (χ0n) is 12.3. The average molecular weight is 351 g/mol. The number of amides is 1. The van der Waals surface area contributed by atoms with E-state index in [0.29, 0.717) is 18.1 Å². The van der Waals surface area contributed by atoms with Gasteiger partial charge in [0.2, 0.25) is 0 Å². The molecule has 22 heavy (non-hydrogen) atoms. The molecule has 3 atom stereocenters. The summed E-state index contributed by atoms with van der Waals surface area (Å²) in [5.41, 5.74) is 0. The van der Waals surface area contributed by atoms with E-state index in [-0.39, 0.29) is 5.91 Å². The van der Waals surface area contributed by atoms with Crippen molar-refractivity contribution in [2.45, 2.75) is 52.7 Å². The monoisotopic (exact) mass is 350 g/mol. The highest BCUT2D eigenvalue weighted by molar-refractivity contribution is 8.02. The van der Waals surface area contributed by atoms with Gasteiger partial charge in [-0.15, -0.1) is 22.7 Å². The van der Waals surface area contributed by atoms with Crippen molar-refractivity contribution in [3.63, 3.8) is 0 Å². The molecule has 2 N–H and O–H groups in total. The Balaban J connectivity index is 1.39. The highest BCUT2D eigenvalue weighted by atomic mass is 32.2. The van der Waals surface area contributed by atoms with Crippen LogP contribution in [0.4, 0.5) is 0 Å². The fraction of sp³-hybridized carbons (Fsp3) is 0.438. The van der Waals surface area contributed by atoms with Gasteiger partial charge in [-0.05, 0) is 50.5 Å². The van der Waals surface area contributed by atoms with Crippen LogP contribution < -0.4 is 10.6 Å². The zero-order chi connectivity index (χ0) is 15.1. The summed E-state index contributed by atoms with van der Waals surface area (Å²) in [4.78, 5) is 14.6. The van der Waals surface area contributed by atoms with Crippen LogP contribution in [0.3, 0.4) is 0 Å². The number of hydrogen-bond donors (Lipinski definition) is 2. The van der Waals surface area contributed by atoms with Crippen LogP contribution in [0, 0.1) is 6.92 Å². The smallest absolute Gasteiger partial charge is 0.261 e. The van der Waals surface area contributed by atoms with Gasteiger partial charge in [0.25, 0.3) is 5.91 Å². The summed E-state index contributed by atoms with van der Waals surface area (Å²) in [5, 5.41) is 6.77. The van der Waals surface area contributed by atoms with Crippen LogP contribution >= 0.6 is 34.4 Å². The first-order valence-corrected chi connectivity index (χ1v) is 10.0. The fourth-order valence-corrected chi connectivity index (χ4v) is 6.68. The molecule has 0 spiro atoms. The molecule has 2 aromatic heterocycles. The molecule has 0 radical (unpaired) electrons. The van der Waals surface area contributed by atoms with Crippen LogP contribution in [-0.2, 0) is 0 Å². The maximum Gasteiger partial charge on any atom is 0.261 e. The molecule has 4 heterocycles. The lowest BCUT2D eigenvalue weighted by Gasteiger charge is -2.20. The summed E-state index contributed by atoms with van der Waals surface area (Å²) in [7, 11) is 0. The topological polar surface area (TPSA) is 41.1 Å². The molecule has 6 heteroatoms. The Kier molecular flexibility index (Phi) is 4.02. The minimum absolute atomic E-state index is 0.0820. The lowest BCUT2D eigenvalue weighted by Crippen LogP contribution is -2.42. The summed E-state index contributed by atoms with van der Waals surface area (Å²) >= 11 is 5.13. The van der Waals surface area contributed by atoms with Crippen molar-refractivity contribution in [2.24, 2.45) is 0 Å². The molecule has 0 saturated carbocycles. The largest absolute Gasteiger partial charge is 0.347 e. The number of aryl methyl sites for hydroxylation is 1. The Bertz CT molecular complexity index is 693. The number of rotatable bonds is 4. The molecule has 0 aliphatic carbocycles. The van der Waals surface area contributed by atoms with Crippen LogP contribution in [0.1, 0.15) is 33.8 Å². The molecule has 2 aromatic rings. The van der Waals surface area contributed by atoms with Gasteiger partial charge in [-0.2, -0.15) is 0 Å². The van der Waals surface area contributed by atoms with Crippen molar-refractivity contribution in [3.8, 4) is 0 Å². The molecule has 2 aliphatic rings. The molecule has 116 valence electrons. The van der Waals surface area contributed by atoms with E-state index >= 15 is 0 Å². The minimum Gasteiger partial charge on any atom is -0.347 e. The van der Waals surface area contributed by atoms with E-state index in [9.17, 15) is 4.79 Å². The molecule has 2 bridgehead atoms. The van der Waals surface area contributed by atoms with Crippen molar-refractivity contribution in [1.29, 1.82) is 0 Å². The van der Waals surface area contributed by atoms with Crippen molar-refractivity contribution >= 4 is 40.3 Å². The van der Waals surface area contributed by atoms with Crippen molar-refractivity contribution in [2.75, 3.05) is 0 Å². The van der Waals surface area contributed by atoms with Gasteiger partial charge >= 0.3 is 0 Å². The Labute approximate surface area is 142 Å². The Morgan fingerprint density at radius 2 is 2.05 bits per heavy atom. The van der Waals surface area contributed by atoms with Gasteiger partial charge in [-0.25, -0.2) is 0 Å². The Hall–Kier alpha value is -0.820. The second kappa shape index (κ2) is 6.00. The van der Waals surface area contributed by atoms with E-state index in [4.69, 9.17) is 0 Å². The Morgan fingerprint density at radius 1 is 1.23 bits per heavy atom. The van der Waals surface area contributed by atoms with Gasteiger partial charge < -0.3 is 10.6 Å². The maximum atomic E-state index is 12.4. The van der Waals surface area contributed by atoms with E-state index in [2.05, 4.69) is 35.8 Å². The molecule has 3 nitrogen and oxygen atoms in total. The van der Waals surface area contributed by atoms with Crippen LogP contribution in [0.25, 0.3) is 0 Å². The van der Waals surface area contributed by atoms with Gasteiger partial charge in [-0.3, -0.25) is 4.79 Å². The molecule has 1 amide bonds. The molecule has 2 aliphatic heterocycles. The molecule has 3 unspecified atom stereocenters. The third-order valence-electron chi connectivity index (χ3n) is 4.34. The lowest BCUT2D eigenvalue weighted by molar-refractivity contribution is 0.0935. The highest BCUT2D eigenvalue weighted by Crippen LogP contribution is 2.37. The summed E-state index contributed by atoms with van der Waals surface area (Å²) in [6.45, 7) is 2.12. The van der Waals surface area contributed by atoms with Crippen molar-refractivity contribution in [3.05, 3.63) is 34.0 Å². The summed E-state index contributed by atoms with van der Waals surface area (Å²) < 4.78 is 2.46.